The highest BCUT2D eigenvalue weighted by Gasteiger charge is 2.13. The first-order chi connectivity index (χ1) is 13.5. The molecule has 0 fully saturated rings. The van der Waals surface area contributed by atoms with Crippen molar-refractivity contribution in [3.63, 3.8) is 0 Å². The lowest BCUT2D eigenvalue weighted by Crippen LogP contribution is -2.13. The average molecular weight is 377 g/mol. The maximum absolute atomic E-state index is 12.6. The molecule has 3 rings (SSSR count). The van der Waals surface area contributed by atoms with E-state index in [0.29, 0.717) is 40.7 Å². The van der Waals surface area contributed by atoms with Gasteiger partial charge in [0.15, 0.2) is 0 Å². The van der Waals surface area contributed by atoms with E-state index in [9.17, 15) is 4.79 Å². The predicted octanol–water partition coefficient (Wildman–Crippen LogP) is 4.00. The quantitative estimate of drug-likeness (QED) is 0.697. The number of nitriles is 1. The third-order valence-electron chi connectivity index (χ3n) is 4.24. The van der Waals surface area contributed by atoms with Crippen molar-refractivity contribution in [1.82, 2.24) is 5.16 Å². The number of nitrogens with zero attached hydrogens (tertiary/aromatic N) is 2. The van der Waals surface area contributed by atoms with Crippen LogP contribution >= 0.6 is 0 Å². The van der Waals surface area contributed by atoms with Crippen molar-refractivity contribution < 1.29 is 18.8 Å². The zero-order valence-corrected chi connectivity index (χ0v) is 15.8. The van der Waals surface area contributed by atoms with E-state index < -0.39 is 0 Å². The second-order valence-electron chi connectivity index (χ2n) is 6.10. The van der Waals surface area contributed by atoms with E-state index in [4.69, 9.17) is 19.3 Å². The fourth-order valence-corrected chi connectivity index (χ4v) is 2.66. The molecule has 7 heteroatoms. The van der Waals surface area contributed by atoms with E-state index in [2.05, 4.69) is 10.5 Å². The lowest BCUT2D eigenvalue weighted by Gasteiger charge is -2.11. The molecule has 0 radical (unpaired) electrons. The molecule has 28 heavy (non-hydrogen) atoms. The monoisotopic (exact) mass is 377 g/mol. The Morgan fingerprint density at radius 3 is 2.75 bits per heavy atom. The van der Waals surface area contributed by atoms with Crippen LogP contribution in [0.25, 0.3) is 0 Å². The first kappa shape index (κ1) is 19.0. The standard InChI is InChI=1S/C21H19N3O4/c1-13-18(14(2)28-24-13)12-27-17-6-4-5-16(10-17)21(25)23-19-9-15(11-22)7-8-20(19)26-3/h4-10H,12H2,1-3H3,(H,23,25). The summed E-state index contributed by atoms with van der Waals surface area (Å²) in [6.07, 6.45) is 0. The zero-order valence-electron chi connectivity index (χ0n) is 15.8. The smallest absolute Gasteiger partial charge is 0.255 e. The van der Waals surface area contributed by atoms with Gasteiger partial charge in [0.05, 0.1) is 35.7 Å². The minimum atomic E-state index is -0.337. The molecule has 1 aromatic heterocycles. The van der Waals surface area contributed by atoms with Crippen molar-refractivity contribution in [2.24, 2.45) is 0 Å². The third kappa shape index (κ3) is 4.13. The van der Waals surface area contributed by atoms with Crippen molar-refractivity contribution in [1.29, 1.82) is 5.26 Å². The number of hydrogen-bond acceptors (Lipinski definition) is 6. The first-order valence-corrected chi connectivity index (χ1v) is 8.56. The Morgan fingerprint density at radius 2 is 2.07 bits per heavy atom. The van der Waals surface area contributed by atoms with Gasteiger partial charge >= 0.3 is 0 Å². The Balaban J connectivity index is 1.75. The van der Waals surface area contributed by atoms with Gasteiger partial charge < -0.3 is 19.3 Å². The van der Waals surface area contributed by atoms with Gasteiger partial charge in [-0.1, -0.05) is 11.2 Å². The highest BCUT2D eigenvalue weighted by atomic mass is 16.5. The summed E-state index contributed by atoms with van der Waals surface area (Å²) in [7, 11) is 1.50. The predicted molar refractivity (Wildman–Crippen MR) is 102 cm³/mol. The molecule has 0 saturated heterocycles. The van der Waals surface area contributed by atoms with Crippen LogP contribution in [0.4, 0.5) is 5.69 Å². The molecule has 0 saturated carbocycles. The number of carbonyl (C=O) groups is 1. The molecular formula is C21H19N3O4. The molecule has 1 N–H and O–H groups in total. The fourth-order valence-electron chi connectivity index (χ4n) is 2.66. The van der Waals surface area contributed by atoms with E-state index in [1.807, 2.05) is 19.9 Å². The molecule has 1 heterocycles. The Morgan fingerprint density at radius 1 is 1.25 bits per heavy atom. The number of amides is 1. The maximum atomic E-state index is 12.6. The van der Waals surface area contributed by atoms with Gasteiger partial charge in [-0.3, -0.25) is 4.79 Å². The van der Waals surface area contributed by atoms with Crippen LogP contribution in [0.1, 0.15) is 32.9 Å². The van der Waals surface area contributed by atoms with Gasteiger partial charge in [0, 0.05) is 5.56 Å². The number of benzene rings is 2. The molecular weight excluding hydrogens is 358 g/mol. The number of aromatic nitrogens is 1. The summed E-state index contributed by atoms with van der Waals surface area (Å²) in [6, 6.07) is 13.7. The molecule has 3 aromatic rings. The van der Waals surface area contributed by atoms with Crippen molar-refractivity contribution >= 4 is 11.6 Å². The fraction of sp³-hybridized carbons (Fsp3) is 0.190. The van der Waals surface area contributed by atoms with Crippen LogP contribution in [-0.4, -0.2) is 18.2 Å². The lowest BCUT2D eigenvalue weighted by molar-refractivity contribution is 0.102. The third-order valence-corrected chi connectivity index (χ3v) is 4.24. The van der Waals surface area contributed by atoms with Crippen LogP contribution in [0.3, 0.4) is 0 Å². The highest BCUT2D eigenvalue weighted by Crippen LogP contribution is 2.26. The van der Waals surface area contributed by atoms with Crippen LogP contribution < -0.4 is 14.8 Å². The summed E-state index contributed by atoms with van der Waals surface area (Å²) in [6.45, 7) is 3.97. The van der Waals surface area contributed by atoms with E-state index in [-0.39, 0.29) is 5.91 Å². The van der Waals surface area contributed by atoms with Crippen LogP contribution in [0.2, 0.25) is 0 Å². The van der Waals surface area contributed by atoms with Gasteiger partial charge in [0.2, 0.25) is 0 Å². The van der Waals surface area contributed by atoms with Crippen LogP contribution in [0.15, 0.2) is 47.0 Å². The molecule has 2 aromatic carbocycles. The molecule has 0 atom stereocenters. The second kappa shape index (κ2) is 8.27. The first-order valence-electron chi connectivity index (χ1n) is 8.56. The lowest BCUT2D eigenvalue weighted by atomic mass is 10.1. The Kier molecular flexibility index (Phi) is 5.61. The van der Waals surface area contributed by atoms with E-state index in [1.165, 1.54) is 7.11 Å². The Labute approximate surface area is 162 Å². The van der Waals surface area contributed by atoms with Gasteiger partial charge in [0.25, 0.3) is 5.91 Å². The van der Waals surface area contributed by atoms with E-state index >= 15 is 0 Å². The Hall–Kier alpha value is -3.79. The molecule has 0 spiro atoms. The van der Waals surface area contributed by atoms with E-state index in [1.54, 1.807) is 42.5 Å². The molecule has 1 amide bonds. The number of hydrogen-bond donors (Lipinski definition) is 1. The summed E-state index contributed by atoms with van der Waals surface area (Å²) in [4.78, 5) is 12.6. The summed E-state index contributed by atoms with van der Waals surface area (Å²) in [5.74, 6) is 1.38. The van der Waals surface area contributed by atoms with Crippen molar-refractivity contribution in [3.05, 3.63) is 70.6 Å². The van der Waals surface area contributed by atoms with Crippen molar-refractivity contribution in [2.75, 3.05) is 12.4 Å². The van der Waals surface area contributed by atoms with Gasteiger partial charge in [-0.15, -0.1) is 0 Å². The van der Waals surface area contributed by atoms with Crippen LogP contribution in [0, 0.1) is 25.2 Å². The number of methoxy groups -OCH3 is 1. The number of rotatable bonds is 6. The molecule has 142 valence electrons. The SMILES string of the molecule is COc1ccc(C#N)cc1NC(=O)c1cccc(OCc2c(C)noc2C)c1. The number of carbonyl (C=O) groups excluding carboxylic acids is 1. The zero-order chi connectivity index (χ0) is 20.1. The van der Waals surface area contributed by atoms with Crippen molar-refractivity contribution in [3.8, 4) is 17.6 Å². The normalized spacial score (nSPS) is 10.2. The molecule has 0 unspecified atom stereocenters. The number of anilines is 1. The maximum Gasteiger partial charge on any atom is 0.255 e. The second-order valence-corrected chi connectivity index (χ2v) is 6.10. The summed E-state index contributed by atoms with van der Waals surface area (Å²) in [5.41, 5.74) is 2.92. The van der Waals surface area contributed by atoms with Gasteiger partial charge in [-0.05, 0) is 50.2 Å². The summed E-state index contributed by atoms with van der Waals surface area (Å²) in [5, 5.41) is 15.7. The van der Waals surface area contributed by atoms with Crippen molar-refractivity contribution in [2.45, 2.75) is 20.5 Å². The number of nitrogens with one attached hydrogen (secondary N) is 1. The van der Waals surface area contributed by atoms with Gasteiger partial charge in [0.1, 0.15) is 23.9 Å². The van der Waals surface area contributed by atoms with Crippen LogP contribution in [0.5, 0.6) is 11.5 Å². The minimum absolute atomic E-state index is 0.296. The molecule has 7 nitrogen and oxygen atoms in total. The van der Waals surface area contributed by atoms with E-state index in [0.717, 1.165) is 11.3 Å². The van der Waals surface area contributed by atoms with Gasteiger partial charge in [-0.25, -0.2) is 0 Å². The molecule has 0 aliphatic carbocycles. The molecule has 0 aliphatic heterocycles. The Bertz CT molecular complexity index is 1030. The van der Waals surface area contributed by atoms with Crippen LogP contribution in [-0.2, 0) is 6.61 Å². The molecule has 0 aliphatic rings. The largest absolute Gasteiger partial charge is 0.495 e. The minimum Gasteiger partial charge on any atom is -0.495 e. The van der Waals surface area contributed by atoms with Gasteiger partial charge in [-0.2, -0.15) is 5.26 Å². The summed E-state index contributed by atoms with van der Waals surface area (Å²) < 4.78 is 16.2. The average Bonchev–Trinajstić information content (AvgIpc) is 3.04. The topological polar surface area (TPSA) is 97.4 Å². The highest BCUT2D eigenvalue weighted by molar-refractivity contribution is 6.05. The molecule has 0 bridgehead atoms. The number of aryl methyl sites for hydroxylation is 2. The number of ether oxygens (including phenoxy) is 2. The summed E-state index contributed by atoms with van der Waals surface area (Å²) >= 11 is 0.